The number of ether oxygens (including phenoxy) is 4. The van der Waals surface area contributed by atoms with Crippen LogP contribution in [0.1, 0.15) is 170 Å². The van der Waals surface area contributed by atoms with Gasteiger partial charge in [-0.2, -0.15) is 13.2 Å². The van der Waals surface area contributed by atoms with E-state index >= 15 is 0 Å². The van der Waals surface area contributed by atoms with Gasteiger partial charge in [-0.1, -0.05) is 32.6 Å². The highest BCUT2D eigenvalue weighted by atomic mass is 19.4. The topological polar surface area (TPSA) is 125 Å². The predicted molar refractivity (Wildman–Crippen MR) is 207 cm³/mol. The first-order valence-corrected chi connectivity index (χ1v) is 22.0. The summed E-state index contributed by atoms with van der Waals surface area (Å²) in [5, 5.41) is 9.41. The fourth-order valence-electron chi connectivity index (χ4n) is 11.0. The number of aliphatic hydroxyl groups is 1. The van der Waals surface area contributed by atoms with Crippen molar-refractivity contribution in [2.24, 2.45) is 51.8 Å². The van der Waals surface area contributed by atoms with Crippen molar-refractivity contribution >= 4 is 23.9 Å². The Hall–Kier alpha value is -2.37. The van der Waals surface area contributed by atoms with Gasteiger partial charge in [-0.15, -0.1) is 0 Å². The van der Waals surface area contributed by atoms with Crippen LogP contribution in [-0.2, 0) is 38.1 Å². The molecule has 0 amide bonds. The van der Waals surface area contributed by atoms with Gasteiger partial charge in [0.1, 0.15) is 17.8 Å². The quantitative estimate of drug-likeness (QED) is 0.135. The largest absolute Gasteiger partial charge is 0.469 e. The maximum Gasteiger partial charge on any atom is 0.416 e. The molecule has 1 aliphatic heterocycles. The van der Waals surface area contributed by atoms with Crippen LogP contribution in [0.15, 0.2) is 0 Å². The van der Waals surface area contributed by atoms with E-state index in [-0.39, 0.29) is 60.1 Å². The first-order chi connectivity index (χ1) is 26.5. The van der Waals surface area contributed by atoms with Crippen LogP contribution in [0.2, 0.25) is 0 Å². The Bertz CT molecular complexity index is 1450. The Labute approximate surface area is 338 Å². The highest BCUT2D eigenvalue weighted by molar-refractivity contribution is 5.80. The normalized spacial score (nSPS) is 32.5. The van der Waals surface area contributed by atoms with E-state index in [0.717, 1.165) is 64.7 Å². The molecule has 326 valence electrons. The zero-order chi connectivity index (χ0) is 42.2. The third-order valence-electron chi connectivity index (χ3n) is 15.4. The molecule has 1 N–H and O–H groups in total. The Kier molecular flexibility index (Phi) is 13.9. The van der Waals surface area contributed by atoms with Crippen molar-refractivity contribution < 1.29 is 56.4 Å². The van der Waals surface area contributed by atoms with Crippen LogP contribution < -0.4 is 0 Å². The van der Waals surface area contributed by atoms with E-state index in [0.29, 0.717) is 43.9 Å². The molecule has 57 heavy (non-hydrogen) atoms. The van der Waals surface area contributed by atoms with E-state index in [1.165, 1.54) is 32.8 Å². The van der Waals surface area contributed by atoms with E-state index in [4.69, 9.17) is 18.9 Å². The minimum Gasteiger partial charge on any atom is -0.469 e. The van der Waals surface area contributed by atoms with Crippen LogP contribution in [0.5, 0.6) is 0 Å². The number of carbonyl (C=O) groups excluding carboxylic acids is 4. The second-order valence-corrected chi connectivity index (χ2v) is 20.7. The molecule has 6 aliphatic rings. The van der Waals surface area contributed by atoms with Crippen LogP contribution in [0.25, 0.3) is 0 Å². The van der Waals surface area contributed by atoms with Crippen LogP contribution in [0.4, 0.5) is 13.2 Å². The lowest BCUT2D eigenvalue weighted by molar-refractivity contribution is -0.259. The van der Waals surface area contributed by atoms with Crippen molar-refractivity contribution in [1.82, 2.24) is 0 Å². The summed E-state index contributed by atoms with van der Waals surface area (Å²) in [6.45, 7) is 12.3. The lowest BCUT2D eigenvalue weighted by Gasteiger charge is -2.38. The molecule has 6 fully saturated rings. The molecule has 1 heterocycles. The monoisotopic (exact) mass is 813 g/mol. The average molecular weight is 813 g/mol. The van der Waals surface area contributed by atoms with Gasteiger partial charge in [0, 0.05) is 11.8 Å². The first kappa shape index (κ1) is 45.7. The molecule has 1 saturated heterocycles. The molecule has 5 aliphatic carbocycles. The molecule has 0 aromatic rings. The fourth-order valence-corrected chi connectivity index (χ4v) is 11.0. The molecule has 10 atom stereocenters. The lowest BCUT2D eigenvalue weighted by atomic mass is 9.72. The fraction of sp³-hybridized carbons (Fsp3) is 0.911. The summed E-state index contributed by atoms with van der Waals surface area (Å²) in [4.78, 5) is 52.4. The molecule has 10 unspecified atom stereocenters. The van der Waals surface area contributed by atoms with Gasteiger partial charge in [0.2, 0.25) is 0 Å². The van der Waals surface area contributed by atoms with Gasteiger partial charge < -0.3 is 24.1 Å². The Morgan fingerprint density at radius 2 is 1.39 bits per heavy atom. The summed E-state index contributed by atoms with van der Waals surface area (Å²) in [6.07, 6.45) is 10.4. The lowest BCUT2D eigenvalue weighted by Crippen LogP contribution is -2.44. The second kappa shape index (κ2) is 17.3. The standard InChI is InChI=1S/C34H54O8.C11H17F3O/c1-8-34(14-12-10-9-11-13-15-34)42-29(37)32(4,5)17-19-33(6,18-16-31(2,3)28(36)39-7)30(38)41-25-22-20-23-24(21-22)27(35)40-26(23)25;1-10(15,11(12,13)14)6-9-5-7-2-3-8(9)4-7/h22-26H,8-21H2,1-7H3;7-9,15H,2-6H2,1H3. The summed E-state index contributed by atoms with van der Waals surface area (Å²) in [5.74, 6) is 0.300. The van der Waals surface area contributed by atoms with Crippen molar-refractivity contribution in [3.05, 3.63) is 0 Å². The van der Waals surface area contributed by atoms with E-state index in [1.54, 1.807) is 0 Å². The zero-order valence-electron chi connectivity index (χ0n) is 35.9. The number of esters is 4. The molecule has 0 aromatic carbocycles. The second-order valence-electron chi connectivity index (χ2n) is 20.7. The Balaban J connectivity index is 0.000000344. The van der Waals surface area contributed by atoms with Crippen molar-refractivity contribution in [2.45, 2.75) is 200 Å². The molecule has 12 heteroatoms. The van der Waals surface area contributed by atoms with Gasteiger partial charge in [-0.25, -0.2) is 0 Å². The maximum absolute atomic E-state index is 14.0. The number of hydrogen-bond acceptors (Lipinski definition) is 9. The van der Waals surface area contributed by atoms with Crippen molar-refractivity contribution in [3.8, 4) is 0 Å². The van der Waals surface area contributed by atoms with Gasteiger partial charge in [-0.05, 0) is 156 Å². The molecule has 0 spiro atoms. The first-order valence-electron chi connectivity index (χ1n) is 22.0. The molecular weight excluding hydrogens is 741 g/mol. The molecule has 0 radical (unpaired) electrons. The number of hydrogen-bond donors (Lipinski definition) is 1. The van der Waals surface area contributed by atoms with E-state index in [9.17, 15) is 37.5 Å². The smallest absolute Gasteiger partial charge is 0.416 e. The highest BCUT2D eigenvalue weighted by Crippen LogP contribution is 2.56. The van der Waals surface area contributed by atoms with E-state index in [1.807, 2.05) is 34.6 Å². The highest BCUT2D eigenvalue weighted by Gasteiger charge is 2.64. The number of alkyl halides is 3. The number of methoxy groups -OCH3 is 1. The summed E-state index contributed by atoms with van der Waals surface area (Å²) in [5.41, 5.74) is -5.45. The Morgan fingerprint density at radius 3 is 1.91 bits per heavy atom. The predicted octanol–water partition coefficient (Wildman–Crippen LogP) is 9.83. The minimum absolute atomic E-state index is 0.0572. The van der Waals surface area contributed by atoms with Gasteiger partial charge >= 0.3 is 30.1 Å². The molecule has 9 nitrogen and oxygen atoms in total. The summed E-state index contributed by atoms with van der Waals surface area (Å²) < 4.78 is 60.6. The van der Waals surface area contributed by atoms with Gasteiger partial charge in [0.25, 0.3) is 0 Å². The zero-order valence-corrected chi connectivity index (χ0v) is 35.9. The summed E-state index contributed by atoms with van der Waals surface area (Å²) >= 11 is 0. The van der Waals surface area contributed by atoms with Crippen LogP contribution >= 0.6 is 0 Å². The number of fused-ring (bicyclic) bond motifs is 3. The minimum atomic E-state index is -4.49. The van der Waals surface area contributed by atoms with E-state index in [2.05, 4.69) is 6.92 Å². The van der Waals surface area contributed by atoms with Gasteiger partial charge in [-0.3, -0.25) is 19.2 Å². The van der Waals surface area contributed by atoms with Gasteiger partial charge in [0.05, 0.1) is 29.3 Å². The molecule has 0 aromatic heterocycles. The summed E-state index contributed by atoms with van der Waals surface area (Å²) in [6, 6.07) is 0. The third kappa shape index (κ3) is 10.2. The number of rotatable bonds is 14. The number of carbonyl (C=O) groups is 4. The Morgan fingerprint density at radius 1 is 0.789 bits per heavy atom. The van der Waals surface area contributed by atoms with Crippen molar-refractivity contribution in [2.75, 3.05) is 7.11 Å². The molecule has 4 bridgehead atoms. The summed E-state index contributed by atoms with van der Waals surface area (Å²) in [7, 11) is 1.37. The van der Waals surface area contributed by atoms with Crippen LogP contribution in [-0.4, -0.2) is 65.7 Å². The molecule has 6 rings (SSSR count). The van der Waals surface area contributed by atoms with Crippen molar-refractivity contribution in [1.29, 1.82) is 0 Å². The van der Waals surface area contributed by atoms with Crippen molar-refractivity contribution in [3.63, 3.8) is 0 Å². The maximum atomic E-state index is 14.0. The molecular formula is C45H71F3O9. The van der Waals surface area contributed by atoms with Crippen LogP contribution in [0.3, 0.4) is 0 Å². The van der Waals surface area contributed by atoms with Crippen LogP contribution in [0, 0.1) is 51.8 Å². The number of halogens is 3. The van der Waals surface area contributed by atoms with Gasteiger partial charge in [0.15, 0.2) is 5.60 Å². The third-order valence-corrected chi connectivity index (χ3v) is 15.4. The SMILES string of the molecule is CC(O)(CC1CC2CCC1C2)C(F)(F)F.CCC1(OC(=O)C(C)(C)CCC(C)(CCC(C)(C)C(=O)OC)C(=O)OC2C3CC4C(=O)OC2C4C3)CCCCCCC1. The average Bonchev–Trinajstić information content (AvgIpc) is 3.95. The van der Waals surface area contributed by atoms with E-state index < -0.39 is 39.7 Å². The molecule has 5 saturated carbocycles.